The predicted octanol–water partition coefficient (Wildman–Crippen LogP) is 2.14. The molecule has 108 valence electrons. The van der Waals surface area contributed by atoms with Crippen molar-refractivity contribution in [3.63, 3.8) is 0 Å². The van der Waals surface area contributed by atoms with Gasteiger partial charge in [0.25, 0.3) is 6.43 Å². The van der Waals surface area contributed by atoms with Crippen LogP contribution < -0.4 is 0 Å². The maximum atomic E-state index is 12.3. The summed E-state index contributed by atoms with van der Waals surface area (Å²) in [4.78, 5) is -0.0888. The van der Waals surface area contributed by atoms with Gasteiger partial charge in [0, 0.05) is 11.5 Å². The second kappa shape index (κ2) is 6.25. The highest BCUT2D eigenvalue weighted by molar-refractivity contribution is 9.10. The second-order valence-electron chi connectivity index (χ2n) is 4.04. The molecule has 0 saturated carbocycles. The van der Waals surface area contributed by atoms with Crippen LogP contribution in [0.1, 0.15) is 11.1 Å². The Morgan fingerprint density at radius 3 is 2.47 bits per heavy atom. The topological polar surface area (TPSA) is 57.6 Å². The third-order valence-electron chi connectivity index (χ3n) is 2.62. The minimum absolute atomic E-state index is 0.0888. The lowest BCUT2D eigenvalue weighted by atomic mass is 10.2. The van der Waals surface area contributed by atoms with Crippen LogP contribution in [-0.2, 0) is 16.6 Å². The minimum atomic E-state index is -4.01. The van der Waals surface area contributed by atoms with Crippen molar-refractivity contribution in [3.8, 4) is 0 Å². The monoisotopic (exact) mass is 357 g/mol. The highest BCUT2D eigenvalue weighted by Crippen LogP contribution is 2.28. The molecule has 19 heavy (non-hydrogen) atoms. The molecule has 8 heteroatoms. The quantitative estimate of drug-likeness (QED) is 0.878. The molecule has 0 heterocycles. The second-order valence-corrected chi connectivity index (χ2v) is 6.90. The fourth-order valence-corrected chi connectivity index (χ4v) is 3.61. The summed E-state index contributed by atoms with van der Waals surface area (Å²) in [5, 5.41) is 9.08. The largest absolute Gasteiger partial charge is 0.392 e. The molecule has 0 radical (unpaired) electrons. The number of aliphatic hydroxyl groups excluding tert-OH is 1. The summed E-state index contributed by atoms with van der Waals surface area (Å²) in [5.74, 6) is 0. The van der Waals surface area contributed by atoms with Gasteiger partial charge in [-0.15, -0.1) is 0 Å². The number of alkyl halides is 2. The average Bonchev–Trinajstić information content (AvgIpc) is 2.31. The van der Waals surface area contributed by atoms with Gasteiger partial charge in [-0.05, 0) is 30.2 Å². The van der Waals surface area contributed by atoms with Crippen molar-refractivity contribution in [2.45, 2.75) is 24.9 Å². The van der Waals surface area contributed by atoms with E-state index >= 15 is 0 Å². The molecular weight excluding hydrogens is 344 g/mol. The van der Waals surface area contributed by atoms with Gasteiger partial charge in [-0.2, -0.15) is 4.31 Å². The van der Waals surface area contributed by atoms with Gasteiger partial charge < -0.3 is 5.11 Å². The van der Waals surface area contributed by atoms with E-state index in [1.807, 2.05) is 0 Å². The molecule has 0 aliphatic heterocycles. The van der Waals surface area contributed by atoms with Crippen LogP contribution in [0.5, 0.6) is 0 Å². The van der Waals surface area contributed by atoms with Crippen LogP contribution >= 0.6 is 15.9 Å². The normalized spacial score (nSPS) is 12.4. The molecule has 1 aromatic carbocycles. The Hall–Kier alpha value is -0.570. The molecule has 4 nitrogen and oxygen atoms in total. The summed E-state index contributed by atoms with van der Waals surface area (Å²) in [7, 11) is -2.91. The van der Waals surface area contributed by atoms with E-state index in [4.69, 9.17) is 5.11 Å². The Morgan fingerprint density at radius 1 is 1.42 bits per heavy atom. The van der Waals surface area contributed by atoms with Gasteiger partial charge in [0.05, 0.1) is 18.0 Å². The van der Waals surface area contributed by atoms with Gasteiger partial charge in [0.15, 0.2) is 0 Å². The molecule has 1 N–H and O–H groups in total. The molecule has 0 unspecified atom stereocenters. The Bertz CT molecular complexity index is 563. The first-order valence-electron chi connectivity index (χ1n) is 5.34. The SMILES string of the molecule is Cc1c(Br)cc(CO)cc1S(=O)(=O)N(C)CC(F)F. The first kappa shape index (κ1) is 16.5. The van der Waals surface area contributed by atoms with Crippen molar-refractivity contribution in [1.29, 1.82) is 0 Å². The zero-order valence-corrected chi connectivity index (χ0v) is 12.8. The van der Waals surface area contributed by atoms with E-state index in [2.05, 4.69) is 15.9 Å². The molecule has 0 aliphatic carbocycles. The number of rotatable bonds is 5. The van der Waals surface area contributed by atoms with Crippen LogP contribution in [0.2, 0.25) is 0 Å². The van der Waals surface area contributed by atoms with Crippen LogP contribution in [0.15, 0.2) is 21.5 Å². The molecular formula is C11H14BrF2NO3S. The van der Waals surface area contributed by atoms with Crippen LogP contribution in [-0.4, -0.2) is 37.8 Å². The van der Waals surface area contributed by atoms with Gasteiger partial charge in [-0.3, -0.25) is 0 Å². The van der Waals surface area contributed by atoms with Crippen LogP contribution in [0.4, 0.5) is 8.78 Å². The molecule has 0 fully saturated rings. The van der Waals surface area contributed by atoms with Crippen LogP contribution in [0.25, 0.3) is 0 Å². The summed E-state index contributed by atoms with van der Waals surface area (Å²) in [6, 6.07) is 2.87. The van der Waals surface area contributed by atoms with Crippen molar-refractivity contribution in [2.24, 2.45) is 0 Å². The zero-order chi connectivity index (χ0) is 14.8. The van der Waals surface area contributed by atoms with Crippen molar-refractivity contribution in [2.75, 3.05) is 13.6 Å². The van der Waals surface area contributed by atoms with Gasteiger partial charge in [0.1, 0.15) is 0 Å². The number of benzene rings is 1. The Kier molecular flexibility index (Phi) is 5.43. The molecule has 0 aromatic heterocycles. The fourth-order valence-electron chi connectivity index (χ4n) is 1.53. The Morgan fingerprint density at radius 2 is 2.00 bits per heavy atom. The van der Waals surface area contributed by atoms with E-state index < -0.39 is 23.0 Å². The molecule has 0 spiro atoms. The fraction of sp³-hybridized carbons (Fsp3) is 0.455. The maximum Gasteiger partial charge on any atom is 0.252 e. The number of halogens is 3. The van der Waals surface area contributed by atoms with Crippen LogP contribution in [0.3, 0.4) is 0 Å². The number of nitrogens with zero attached hydrogens (tertiary/aromatic N) is 1. The van der Waals surface area contributed by atoms with Crippen molar-refractivity contribution in [1.82, 2.24) is 4.31 Å². The first-order chi connectivity index (χ1) is 8.70. The lowest BCUT2D eigenvalue weighted by Gasteiger charge is -2.19. The lowest BCUT2D eigenvalue weighted by Crippen LogP contribution is -2.32. The number of aliphatic hydroxyl groups is 1. The van der Waals surface area contributed by atoms with E-state index in [0.717, 1.165) is 7.05 Å². The number of hydrogen-bond donors (Lipinski definition) is 1. The van der Waals surface area contributed by atoms with Crippen molar-refractivity contribution >= 4 is 26.0 Å². The van der Waals surface area contributed by atoms with E-state index in [1.54, 1.807) is 13.0 Å². The number of sulfonamides is 1. The van der Waals surface area contributed by atoms with Crippen molar-refractivity contribution in [3.05, 3.63) is 27.7 Å². The molecule has 0 saturated heterocycles. The molecule has 1 rings (SSSR count). The molecule has 0 bridgehead atoms. The zero-order valence-electron chi connectivity index (χ0n) is 10.4. The maximum absolute atomic E-state index is 12.3. The average molecular weight is 358 g/mol. The molecule has 0 amide bonds. The summed E-state index contributed by atoms with van der Waals surface area (Å²) in [5.41, 5.74) is 0.805. The summed E-state index contributed by atoms with van der Waals surface area (Å²) in [6.45, 7) is 0.358. The third-order valence-corrected chi connectivity index (χ3v) is 5.40. The van der Waals surface area contributed by atoms with E-state index in [0.29, 0.717) is 19.9 Å². The van der Waals surface area contributed by atoms with Gasteiger partial charge in [-0.25, -0.2) is 17.2 Å². The Labute approximate surface area is 119 Å². The lowest BCUT2D eigenvalue weighted by molar-refractivity contribution is 0.126. The van der Waals surface area contributed by atoms with E-state index in [9.17, 15) is 17.2 Å². The number of hydrogen-bond acceptors (Lipinski definition) is 3. The Balaban J connectivity index is 3.32. The predicted molar refractivity (Wildman–Crippen MR) is 70.6 cm³/mol. The minimum Gasteiger partial charge on any atom is -0.392 e. The van der Waals surface area contributed by atoms with E-state index in [1.165, 1.54) is 6.07 Å². The van der Waals surface area contributed by atoms with Gasteiger partial charge in [0.2, 0.25) is 10.0 Å². The third kappa shape index (κ3) is 3.71. The van der Waals surface area contributed by atoms with Crippen molar-refractivity contribution < 1.29 is 22.3 Å². The van der Waals surface area contributed by atoms with Crippen LogP contribution in [0, 0.1) is 6.92 Å². The molecule has 0 atom stereocenters. The summed E-state index contributed by atoms with van der Waals surface area (Å²) in [6.07, 6.45) is -2.75. The van der Waals surface area contributed by atoms with Gasteiger partial charge >= 0.3 is 0 Å². The smallest absolute Gasteiger partial charge is 0.252 e. The molecule has 0 aliphatic rings. The molecule has 1 aromatic rings. The highest BCUT2D eigenvalue weighted by Gasteiger charge is 2.26. The summed E-state index contributed by atoms with van der Waals surface area (Å²) >= 11 is 3.19. The highest BCUT2D eigenvalue weighted by atomic mass is 79.9. The van der Waals surface area contributed by atoms with E-state index in [-0.39, 0.29) is 11.5 Å². The first-order valence-corrected chi connectivity index (χ1v) is 7.57. The van der Waals surface area contributed by atoms with Gasteiger partial charge in [-0.1, -0.05) is 15.9 Å². The summed E-state index contributed by atoms with van der Waals surface area (Å²) < 4.78 is 50.1. The standard InChI is InChI=1S/C11H14BrF2NO3S/c1-7-9(12)3-8(6-16)4-10(7)19(17,18)15(2)5-11(13)14/h3-4,11,16H,5-6H2,1-2H3.